The lowest BCUT2D eigenvalue weighted by Gasteiger charge is -2.42. The molecule has 0 unspecified atom stereocenters. The number of benzene rings is 1. The molecule has 4 rings (SSSR count). The lowest BCUT2D eigenvalue weighted by Crippen LogP contribution is -2.62. The van der Waals surface area contributed by atoms with Gasteiger partial charge in [-0.05, 0) is 18.6 Å². The van der Waals surface area contributed by atoms with E-state index in [0.717, 1.165) is 6.07 Å². The molecule has 3 heterocycles. The van der Waals surface area contributed by atoms with Gasteiger partial charge in [-0.2, -0.15) is 0 Å². The molecule has 0 amide bonds. The second-order valence-electron chi connectivity index (χ2n) is 8.54. The first-order valence-electron chi connectivity index (χ1n) is 10.9. The van der Waals surface area contributed by atoms with Crippen LogP contribution in [0.2, 0.25) is 0 Å². The number of ether oxygens (including phenoxy) is 4. The van der Waals surface area contributed by atoms with Crippen molar-refractivity contribution < 1.29 is 59.1 Å². The second kappa shape index (κ2) is 10.4. The minimum atomic E-state index is -1.73. The highest BCUT2D eigenvalue weighted by Crippen LogP contribution is 2.31. The first-order chi connectivity index (χ1) is 16.6. The second-order valence-corrected chi connectivity index (χ2v) is 8.54. The van der Waals surface area contributed by atoms with Gasteiger partial charge in [-0.1, -0.05) is 12.1 Å². The fourth-order valence-corrected chi connectivity index (χ4v) is 4.12. The van der Waals surface area contributed by atoms with Crippen molar-refractivity contribution in [3.8, 4) is 5.75 Å². The largest absolute Gasteiger partial charge is 0.461 e. The van der Waals surface area contributed by atoms with E-state index in [0.29, 0.717) is 10.9 Å². The summed E-state index contributed by atoms with van der Waals surface area (Å²) >= 11 is 0. The molecule has 0 bridgehead atoms. The summed E-state index contributed by atoms with van der Waals surface area (Å²) in [7, 11) is 0. The molecule has 1 aromatic carbocycles. The van der Waals surface area contributed by atoms with Gasteiger partial charge in [0.2, 0.25) is 6.29 Å². The van der Waals surface area contributed by atoms with Crippen molar-refractivity contribution in [1.29, 1.82) is 0 Å². The summed E-state index contributed by atoms with van der Waals surface area (Å²) < 4.78 is 27.1. The third-order valence-electron chi connectivity index (χ3n) is 6.13. The molecule has 10 atom stereocenters. The van der Waals surface area contributed by atoms with Crippen LogP contribution in [-0.4, -0.2) is 110 Å². The Labute approximate surface area is 198 Å². The van der Waals surface area contributed by atoms with Gasteiger partial charge in [0.1, 0.15) is 60.2 Å². The molecule has 13 heteroatoms. The third-order valence-corrected chi connectivity index (χ3v) is 6.13. The minimum absolute atomic E-state index is 0.0237. The van der Waals surface area contributed by atoms with Gasteiger partial charge < -0.3 is 59.1 Å². The van der Waals surface area contributed by atoms with Gasteiger partial charge in [0.15, 0.2) is 6.29 Å². The van der Waals surface area contributed by atoms with E-state index in [4.69, 9.17) is 23.4 Å². The van der Waals surface area contributed by atoms with Crippen LogP contribution in [0, 0.1) is 6.92 Å². The zero-order chi connectivity index (χ0) is 25.4. The van der Waals surface area contributed by atoms with E-state index in [1.807, 2.05) is 0 Å². The molecular weight excluding hydrogens is 472 g/mol. The van der Waals surface area contributed by atoms with E-state index in [9.17, 15) is 40.5 Å². The molecule has 0 aliphatic carbocycles. The molecule has 35 heavy (non-hydrogen) atoms. The van der Waals surface area contributed by atoms with Crippen molar-refractivity contribution in [3.05, 3.63) is 40.2 Å². The van der Waals surface area contributed by atoms with Crippen LogP contribution in [0.3, 0.4) is 0 Å². The van der Waals surface area contributed by atoms with Crippen molar-refractivity contribution in [1.82, 2.24) is 0 Å². The predicted octanol–water partition coefficient (Wildman–Crippen LogP) is -2.90. The lowest BCUT2D eigenvalue weighted by atomic mass is 9.98. The summed E-state index contributed by atoms with van der Waals surface area (Å²) in [6, 6.07) is 6.05. The topological polar surface area (TPSA) is 209 Å². The number of fused-ring (bicyclic) bond motifs is 1. The summed E-state index contributed by atoms with van der Waals surface area (Å²) in [5.74, 6) is 0.0237. The molecular formula is C22H28O13. The first kappa shape index (κ1) is 25.9. The van der Waals surface area contributed by atoms with E-state index in [-0.39, 0.29) is 11.3 Å². The molecule has 194 valence electrons. The van der Waals surface area contributed by atoms with Gasteiger partial charge in [0, 0.05) is 0 Å². The maximum atomic E-state index is 12.0. The molecule has 0 saturated carbocycles. The average Bonchev–Trinajstić information content (AvgIpc) is 2.83. The molecule has 2 saturated heterocycles. The van der Waals surface area contributed by atoms with Gasteiger partial charge in [-0.15, -0.1) is 0 Å². The van der Waals surface area contributed by atoms with Crippen LogP contribution in [-0.2, 0) is 14.2 Å². The summed E-state index contributed by atoms with van der Waals surface area (Å²) in [6.07, 6.45) is -15.6. The molecule has 2 aliphatic rings. The van der Waals surface area contributed by atoms with Crippen LogP contribution in [0.15, 0.2) is 33.5 Å². The Morgan fingerprint density at radius 2 is 1.49 bits per heavy atom. The number of aryl methyl sites for hydroxylation is 1. The van der Waals surface area contributed by atoms with E-state index in [1.54, 1.807) is 25.1 Å². The highest BCUT2D eigenvalue weighted by atomic mass is 16.7. The number of rotatable bonds is 6. The van der Waals surface area contributed by atoms with Crippen molar-refractivity contribution in [2.24, 2.45) is 0 Å². The SMILES string of the molecule is Cc1cccc2oc(=O)cc(O[C@@H]3O[C@H](CO[C@@H]4O[C@H](CO)[C@@H](O)[C@@H](O)[C@H]4O)[C@@H](O)[C@@H](O)[C@H]3O)c12. The molecule has 2 fully saturated rings. The van der Waals surface area contributed by atoms with Gasteiger partial charge in [-0.3, -0.25) is 0 Å². The van der Waals surface area contributed by atoms with E-state index >= 15 is 0 Å². The quantitative estimate of drug-likeness (QED) is 0.199. The van der Waals surface area contributed by atoms with Crippen LogP contribution >= 0.6 is 0 Å². The smallest absolute Gasteiger partial charge is 0.339 e. The van der Waals surface area contributed by atoms with E-state index < -0.39 is 80.3 Å². The minimum Gasteiger partial charge on any atom is -0.461 e. The highest BCUT2D eigenvalue weighted by molar-refractivity contribution is 5.86. The van der Waals surface area contributed by atoms with Crippen LogP contribution in [0.1, 0.15) is 5.56 Å². The number of hydrogen-bond acceptors (Lipinski definition) is 13. The molecule has 1 aromatic heterocycles. The molecule has 0 radical (unpaired) electrons. The van der Waals surface area contributed by atoms with Crippen LogP contribution in [0.5, 0.6) is 5.75 Å². The maximum absolute atomic E-state index is 12.0. The number of aliphatic hydroxyl groups is 7. The molecule has 0 spiro atoms. The van der Waals surface area contributed by atoms with Gasteiger partial charge in [0.05, 0.1) is 24.7 Å². The van der Waals surface area contributed by atoms with Crippen molar-refractivity contribution in [3.63, 3.8) is 0 Å². The Balaban J connectivity index is 1.51. The normalized spacial score (nSPS) is 37.9. The Morgan fingerprint density at radius 1 is 0.857 bits per heavy atom. The summed E-state index contributed by atoms with van der Waals surface area (Å²) in [5, 5.41) is 70.8. The van der Waals surface area contributed by atoms with Crippen LogP contribution in [0.4, 0.5) is 0 Å². The van der Waals surface area contributed by atoms with Crippen molar-refractivity contribution >= 4 is 11.0 Å². The van der Waals surface area contributed by atoms with Gasteiger partial charge in [-0.25, -0.2) is 4.79 Å². The molecule has 2 aliphatic heterocycles. The summed E-state index contributed by atoms with van der Waals surface area (Å²) in [6.45, 7) is 0.583. The third kappa shape index (κ3) is 5.06. The van der Waals surface area contributed by atoms with Crippen LogP contribution in [0.25, 0.3) is 11.0 Å². The Hall–Kier alpha value is -2.17. The van der Waals surface area contributed by atoms with Gasteiger partial charge >= 0.3 is 5.63 Å². The zero-order valence-electron chi connectivity index (χ0n) is 18.6. The standard InChI is InChI=1S/C22H28O13/c1-8-3-2-4-9-14(8)10(5-13(24)32-9)33-22-20(30)18(28)16(26)12(35-22)7-31-21-19(29)17(27)15(25)11(6-23)34-21/h2-5,11-12,15-23,25-30H,6-7H2,1H3/t11-,12-,15-,16-,17-,18-,19-,20-,21-,22-/m1/s1. The Morgan fingerprint density at radius 3 is 2.17 bits per heavy atom. The molecule has 2 aromatic rings. The van der Waals surface area contributed by atoms with Crippen molar-refractivity contribution in [2.45, 2.75) is 68.3 Å². The summed E-state index contributed by atoms with van der Waals surface area (Å²) in [4.78, 5) is 12.0. The highest BCUT2D eigenvalue weighted by Gasteiger charge is 2.48. The fraction of sp³-hybridized carbons (Fsp3) is 0.591. The van der Waals surface area contributed by atoms with E-state index in [1.165, 1.54) is 0 Å². The van der Waals surface area contributed by atoms with Crippen LogP contribution < -0.4 is 10.4 Å². The van der Waals surface area contributed by atoms with Crippen molar-refractivity contribution in [2.75, 3.05) is 13.2 Å². The fourth-order valence-electron chi connectivity index (χ4n) is 4.12. The number of aliphatic hydroxyl groups excluding tert-OH is 7. The Kier molecular flexibility index (Phi) is 7.73. The predicted molar refractivity (Wildman–Crippen MR) is 114 cm³/mol. The average molecular weight is 500 g/mol. The zero-order valence-corrected chi connectivity index (χ0v) is 18.6. The first-order valence-corrected chi connectivity index (χ1v) is 10.9. The number of hydrogen-bond donors (Lipinski definition) is 7. The van der Waals surface area contributed by atoms with Gasteiger partial charge in [0.25, 0.3) is 0 Å². The lowest BCUT2D eigenvalue weighted by molar-refractivity contribution is -0.323. The monoisotopic (exact) mass is 500 g/mol. The molecule has 13 nitrogen and oxygen atoms in total. The van der Waals surface area contributed by atoms with E-state index in [2.05, 4.69) is 0 Å². The molecule has 7 N–H and O–H groups in total. The maximum Gasteiger partial charge on any atom is 0.339 e. The Bertz CT molecular complexity index is 1070. The summed E-state index contributed by atoms with van der Waals surface area (Å²) in [5.41, 5.74) is 0.224.